The lowest BCUT2D eigenvalue weighted by Gasteiger charge is -2.38. The van der Waals surface area contributed by atoms with Crippen LogP contribution in [0.4, 0.5) is 0 Å². The van der Waals surface area contributed by atoms with Crippen molar-refractivity contribution in [1.82, 2.24) is 24.1 Å². The molecule has 0 aliphatic carbocycles. The van der Waals surface area contributed by atoms with Gasteiger partial charge in [-0.2, -0.15) is 0 Å². The number of carbonyl (C=O) groups excluding carboxylic acids is 1. The quantitative estimate of drug-likeness (QED) is 0.811. The zero-order valence-corrected chi connectivity index (χ0v) is 16.4. The number of fused-ring (bicyclic) bond motifs is 1. The van der Waals surface area contributed by atoms with Crippen LogP contribution in [0, 0.1) is 0 Å². The molecule has 146 valence electrons. The molecule has 2 aromatic rings. The van der Waals surface area contributed by atoms with Crippen LogP contribution in [0.3, 0.4) is 0 Å². The Labute approximate surface area is 161 Å². The second-order valence-electron chi connectivity index (χ2n) is 7.90. The minimum atomic E-state index is 0.329. The summed E-state index contributed by atoms with van der Waals surface area (Å²) in [7, 11) is 0. The van der Waals surface area contributed by atoms with Crippen molar-refractivity contribution in [2.24, 2.45) is 0 Å². The van der Waals surface area contributed by atoms with Crippen molar-refractivity contribution in [3.8, 4) is 0 Å². The van der Waals surface area contributed by atoms with Crippen molar-refractivity contribution in [1.29, 1.82) is 0 Å². The molecule has 2 aliphatic heterocycles. The van der Waals surface area contributed by atoms with Gasteiger partial charge in [0.05, 0.1) is 12.2 Å². The Kier molecular flexibility index (Phi) is 5.74. The molecule has 0 bridgehead atoms. The molecule has 0 radical (unpaired) electrons. The molecule has 2 saturated heterocycles. The molecule has 0 saturated carbocycles. The first-order valence-corrected chi connectivity index (χ1v) is 10.4. The highest BCUT2D eigenvalue weighted by atomic mass is 16.2. The number of amides is 1. The second-order valence-corrected chi connectivity index (χ2v) is 7.90. The number of aromatic nitrogens is 2. The predicted molar refractivity (Wildman–Crippen MR) is 107 cm³/mol. The summed E-state index contributed by atoms with van der Waals surface area (Å²) >= 11 is 0. The van der Waals surface area contributed by atoms with Gasteiger partial charge in [-0.05, 0) is 37.8 Å². The topological polar surface area (TPSA) is 44.1 Å². The standard InChI is InChI=1S/C21H31N5O/c1-2-19-7-3-6-10-26(19)21(27)17-24-13-11-23(12-14-24)15-18-16-25-9-5-4-8-20(25)22-18/h4-5,8-9,16,19H,2-3,6-7,10-15,17H2,1H3. The number of hydrogen-bond acceptors (Lipinski definition) is 4. The van der Waals surface area contributed by atoms with Crippen molar-refractivity contribution in [2.45, 2.75) is 45.2 Å². The lowest BCUT2D eigenvalue weighted by molar-refractivity contribution is -0.136. The number of imidazole rings is 1. The summed E-state index contributed by atoms with van der Waals surface area (Å²) in [5.41, 5.74) is 2.12. The van der Waals surface area contributed by atoms with E-state index in [1.807, 2.05) is 24.4 Å². The zero-order chi connectivity index (χ0) is 18.6. The van der Waals surface area contributed by atoms with Gasteiger partial charge < -0.3 is 9.30 Å². The summed E-state index contributed by atoms with van der Waals surface area (Å²) in [4.78, 5) is 24.4. The van der Waals surface area contributed by atoms with Gasteiger partial charge in [-0.25, -0.2) is 4.98 Å². The van der Waals surface area contributed by atoms with E-state index >= 15 is 0 Å². The van der Waals surface area contributed by atoms with E-state index < -0.39 is 0 Å². The molecule has 4 rings (SSSR count). The summed E-state index contributed by atoms with van der Waals surface area (Å²) in [6, 6.07) is 6.55. The maximum atomic E-state index is 12.8. The van der Waals surface area contributed by atoms with E-state index in [9.17, 15) is 4.79 Å². The van der Waals surface area contributed by atoms with Crippen LogP contribution in [-0.2, 0) is 11.3 Å². The van der Waals surface area contributed by atoms with Gasteiger partial charge in [0, 0.05) is 57.7 Å². The molecule has 1 amide bonds. The molecule has 4 heterocycles. The Morgan fingerprint density at radius 2 is 1.93 bits per heavy atom. The molecule has 0 aromatic carbocycles. The van der Waals surface area contributed by atoms with Crippen LogP contribution in [0.25, 0.3) is 5.65 Å². The number of rotatable bonds is 5. The SMILES string of the molecule is CCC1CCCCN1C(=O)CN1CCN(Cc2cn3ccccc3n2)CC1. The summed E-state index contributed by atoms with van der Waals surface area (Å²) in [6.07, 6.45) is 8.85. The summed E-state index contributed by atoms with van der Waals surface area (Å²) in [5.74, 6) is 0.329. The van der Waals surface area contributed by atoms with E-state index in [1.54, 1.807) is 0 Å². The summed E-state index contributed by atoms with van der Waals surface area (Å²) < 4.78 is 2.08. The maximum Gasteiger partial charge on any atom is 0.236 e. The molecule has 0 N–H and O–H groups in total. The number of likely N-dealkylation sites (tertiary alicyclic amines) is 1. The highest BCUT2D eigenvalue weighted by molar-refractivity contribution is 5.78. The fourth-order valence-electron chi connectivity index (χ4n) is 4.43. The Bertz CT molecular complexity index is 732. The van der Waals surface area contributed by atoms with Crippen molar-refractivity contribution in [2.75, 3.05) is 39.3 Å². The first-order valence-electron chi connectivity index (χ1n) is 10.4. The lowest BCUT2D eigenvalue weighted by Crippen LogP contribution is -2.52. The van der Waals surface area contributed by atoms with Crippen LogP contribution in [0.1, 0.15) is 38.3 Å². The van der Waals surface area contributed by atoms with E-state index in [4.69, 9.17) is 4.98 Å². The third-order valence-electron chi connectivity index (χ3n) is 6.04. The minimum Gasteiger partial charge on any atom is -0.339 e. The van der Waals surface area contributed by atoms with E-state index in [1.165, 1.54) is 12.8 Å². The smallest absolute Gasteiger partial charge is 0.236 e. The maximum absolute atomic E-state index is 12.8. The molecular formula is C21H31N5O. The monoisotopic (exact) mass is 369 g/mol. The van der Waals surface area contributed by atoms with Crippen molar-refractivity contribution < 1.29 is 4.79 Å². The molecular weight excluding hydrogens is 338 g/mol. The predicted octanol–water partition coefficient (Wildman–Crippen LogP) is 2.24. The lowest BCUT2D eigenvalue weighted by atomic mass is 10.00. The van der Waals surface area contributed by atoms with Gasteiger partial charge >= 0.3 is 0 Å². The average Bonchev–Trinajstić information content (AvgIpc) is 3.11. The van der Waals surface area contributed by atoms with Gasteiger partial charge in [0.25, 0.3) is 0 Å². The van der Waals surface area contributed by atoms with E-state index in [2.05, 4.69) is 32.2 Å². The van der Waals surface area contributed by atoms with Crippen LogP contribution < -0.4 is 0 Å². The van der Waals surface area contributed by atoms with Crippen molar-refractivity contribution >= 4 is 11.6 Å². The first kappa shape index (κ1) is 18.4. The van der Waals surface area contributed by atoms with E-state index in [0.29, 0.717) is 18.5 Å². The molecule has 2 fully saturated rings. The Morgan fingerprint density at radius 3 is 2.70 bits per heavy atom. The van der Waals surface area contributed by atoms with Gasteiger partial charge in [0.15, 0.2) is 0 Å². The van der Waals surface area contributed by atoms with Crippen LogP contribution in [0.5, 0.6) is 0 Å². The first-order chi connectivity index (χ1) is 13.2. The van der Waals surface area contributed by atoms with Gasteiger partial charge in [0.1, 0.15) is 5.65 Å². The minimum absolute atomic E-state index is 0.329. The van der Waals surface area contributed by atoms with Crippen LogP contribution >= 0.6 is 0 Å². The van der Waals surface area contributed by atoms with Crippen molar-refractivity contribution in [3.63, 3.8) is 0 Å². The molecule has 6 heteroatoms. The van der Waals surface area contributed by atoms with Gasteiger partial charge in [0.2, 0.25) is 5.91 Å². The number of nitrogens with zero attached hydrogens (tertiary/aromatic N) is 5. The summed E-state index contributed by atoms with van der Waals surface area (Å²) in [5, 5.41) is 0. The van der Waals surface area contributed by atoms with Crippen molar-refractivity contribution in [3.05, 3.63) is 36.3 Å². The fourth-order valence-corrected chi connectivity index (χ4v) is 4.43. The third-order valence-corrected chi connectivity index (χ3v) is 6.04. The number of hydrogen-bond donors (Lipinski definition) is 0. The number of pyridine rings is 1. The highest BCUT2D eigenvalue weighted by Crippen LogP contribution is 2.20. The normalized spacial score (nSPS) is 22.4. The summed E-state index contributed by atoms with van der Waals surface area (Å²) in [6.45, 7) is 8.54. The average molecular weight is 370 g/mol. The zero-order valence-electron chi connectivity index (χ0n) is 16.4. The molecule has 27 heavy (non-hydrogen) atoms. The molecule has 1 atom stereocenters. The van der Waals surface area contributed by atoms with E-state index in [-0.39, 0.29) is 0 Å². The third kappa shape index (κ3) is 4.33. The molecule has 2 aliphatic rings. The number of carbonyl (C=O) groups is 1. The molecule has 6 nitrogen and oxygen atoms in total. The fraction of sp³-hybridized carbons (Fsp3) is 0.619. The Balaban J connectivity index is 1.26. The van der Waals surface area contributed by atoms with Crippen LogP contribution in [-0.4, -0.2) is 75.3 Å². The number of piperazine rings is 1. The largest absolute Gasteiger partial charge is 0.339 e. The Hall–Kier alpha value is -1.92. The number of piperidine rings is 1. The van der Waals surface area contributed by atoms with Gasteiger partial charge in [-0.1, -0.05) is 13.0 Å². The van der Waals surface area contributed by atoms with Gasteiger partial charge in [-0.3, -0.25) is 14.6 Å². The molecule has 1 unspecified atom stereocenters. The van der Waals surface area contributed by atoms with Gasteiger partial charge in [-0.15, -0.1) is 0 Å². The Morgan fingerprint density at radius 1 is 1.11 bits per heavy atom. The second kappa shape index (κ2) is 8.40. The van der Waals surface area contributed by atoms with Crippen LogP contribution in [0.2, 0.25) is 0 Å². The van der Waals surface area contributed by atoms with E-state index in [0.717, 1.165) is 63.5 Å². The van der Waals surface area contributed by atoms with Crippen LogP contribution in [0.15, 0.2) is 30.6 Å². The molecule has 2 aromatic heterocycles. The molecule has 0 spiro atoms. The highest BCUT2D eigenvalue weighted by Gasteiger charge is 2.27.